The maximum absolute atomic E-state index is 12.5. The van der Waals surface area contributed by atoms with Gasteiger partial charge in [-0.25, -0.2) is 0 Å². The fraction of sp³-hybridized carbons (Fsp3) is 0. The zero-order chi connectivity index (χ0) is 15.4. The highest BCUT2D eigenvalue weighted by Crippen LogP contribution is 2.29. The first kappa shape index (κ1) is 12.4. The molecule has 0 aliphatic heterocycles. The predicted octanol–water partition coefficient (Wildman–Crippen LogP) is 4.71. The second-order valence-corrected chi connectivity index (χ2v) is 5.87. The van der Waals surface area contributed by atoms with Crippen LogP contribution in [0.4, 0.5) is 0 Å². The van der Waals surface area contributed by atoms with Gasteiger partial charge in [0, 0.05) is 11.1 Å². The van der Waals surface area contributed by atoms with Gasteiger partial charge < -0.3 is 4.40 Å². The molecule has 0 fully saturated rings. The summed E-state index contributed by atoms with van der Waals surface area (Å²) in [5.74, 6) is 0. The summed E-state index contributed by atoms with van der Waals surface area (Å²) < 4.78 is 2.05. The standard InChI is InChI=1S/C21H13NO/c23-21-13-18(16-9-8-14-4-1-2-5-15(14)12-16)19-11-10-17-6-3-7-20(21)22(17)19/h1-13H. The van der Waals surface area contributed by atoms with Crippen LogP contribution >= 0.6 is 0 Å². The SMILES string of the molecule is O=c1cc(-c2ccc3ccccc3c2)c2ccc3cccc1n32. The van der Waals surface area contributed by atoms with Crippen molar-refractivity contribution in [2.45, 2.75) is 0 Å². The van der Waals surface area contributed by atoms with Gasteiger partial charge in [0.1, 0.15) is 0 Å². The van der Waals surface area contributed by atoms with E-state index in [1.54, 1.807) is 6.07 Å². The average molecular weight is 295 g/mol. The van der Waals surface area contributed by atoms with Crippen LogP contribution < -0.4 is 5.43 Å². The van der Waals surface area contributed by atoms with Gasteiger partial charge in [0.15, 0.2) is 0 Å². The fourth-order valence-electron chi connectivity index (χ4n) is 3.43. The third-order valence-electron chi connectivity index (χ3n) is 4.54. The highest BCUT2D eigenvalue weighted by Gasteiger charge is 2.11. The lowest BCUT2D eigenvalue weighted by molar-refractivity contribution is 1.29. The molecule has 0 atom stereocenters. The van der Waals surface area contributed by atoms with E-state index in [0.717, 1.165) is 27.7 Å². The van der Waals surface area contributed by atoms with E-state index < -0.39 is 0 Å². The lowest BCUT2D eigenvalue weighted by Crippen LogP contribution is -2.06. The van der Waals surface area contributed by atoms with Gasteiger partial charge in [0.05, 0.1) is 11.0 Å². The van der Waals surface area contributed by atoms with Crippen LogP contribution in [0.1, 0.15) is 0 Å². The van der Waals surface area contributed by atoms with Crippen LogP contribution in [0.15, 0.2) is 83.7 Å². The first-order valence-electron chi connectivity index (χ1n) is 7.67. The van der Waals surface area contributed by atoms with Gasteiger partial charge in [0.2, 0.25) is 5.43 Å². The smallest absolute Gasteiger partial charge is 0.203 e. The highest BCUT2D eigenvalue weighted by atomic mass is 16.1. The summed E-state index contributed by atoms with van der Waals surface area (Å²) in [6.07, 6.45) is 0. The van der Waals surface area contributed by atoms with Gasteiger partial charge in [0.25, 0.3) is 0 Å². The van der Waals surface area contributed by atoms with Crippen molar-refractivity contribution >= 4 is 27.3 Å². The monoisotopic (exact) mass is 295 g/mol. The molecule has 0 unspecified atom stereocenters. The molecule has 108 valence electrons. The molecule has 5 rings (SSSR count). The normalized spacial score (nSPS) is 11.7. The Morgan fingerprint density at radius 1 is 0.652 bits per heavy atom. The fourth-order valence-corrected chi connectivity index (χ4v) is 3.43. The van der Waals surface area contributed by atoms with Crippen LogP contribution in [0.3, 0.4) is 0 Å². The number of hydrogen-bond acceptors (Lipinski definition) is 1. The molecular weight excluding hydrogens is 282 g/mol. The lowest BCUT2D eigenvalue weighted by atomic mass is 10.0. The van der Waals surface area contributed by atoms with Gasteiger partial charge >= 0.3 is 0 Å². The average Bonchev–Trinajstić information content (AvgIpc) is 3.03. The molecule has 0 aliphatic rings. The number of aromatic nitrogens is 1. The molecule has 3 heterocycles. The number of benzene rings is 2. The number of rotatable bonds is 1. The Kier molecular flexibility index (Phi) is 2.39. The van der Waals surface area contributed by atoms with Crippen LogP contribution in [0.5, 0.6) is 0 Å². The second-order valence-electron chi connectivity index (χ2n) is 5.87. The topological polar surface area (TPSA) is 21.5 Å². The molecule has 3 aromatic heterocycles. The van der Waals surface area contributed by atoms with Gasteiger partial charge in [-0.1, -0.05) is 42.5 Å². The third kappa shape index (κ3) is 1.72. The molecule has 2 aromatic carbocycles. The molecular formula is C21H13NO. The molecule has 23 heavy (non-hydrogen) atoms. The van der Waals surface area contributed by atoms with E-state index in [4.69, 9.17) is 0 Å². The zero-order valence-corrected chi connectivity index (χ0v) is 12.4. The Balaban J connectivity index is 1.90. The van der Waals surface area contributed by atoms with E-state index in [0.29, 0.717) is 0 Å². The molecule has 5 aromatic rings. The van der Waals surface area contributed by atoms with E-state index in [1.165, 1.54) is 10.8 Å². The van der Waals surface area contributed by atoms with Crippen LogP contribution in [-0.2, 0) is 0 Å². The van der Waals surface area contributed by atoms with E-state index in [2.05, 4.69) is 42.5 Å². The van der Waals surface area contributed by atoms with Crippen molar-refractivity contribution in [3.63, 3.8) is 0 Å². The molecule has 0 spiro atoms. The summed E-state index contributed by atoms with van der Waals surface area (Å²) in [5.41, 5.74) is 4.98. The predicted molar refractivity (Wildman–Crippen MR) is 95.3 cm³/mol. The Hall–Kier alpha value is -3.13. The van der Waals surface area contributed by atoms with Crippen molar-refractivity contribution < 1.29 is 0 Å². The first-order valence-corrected chi connectivity index (χ1v) is 7.67. The van der Waals surface area contributed by atoms with Crippen molar-refractivity contribution in [1.29, 1.82) is 0 Å². The molecule has 0 saturated carbocycles. The Bertz CT molecular complexity index is 1230. The summed E-state index contributed by atoms with van der Waals surface area (Å²) in [7, 11) is 0. The van der Waals surface area contributed by atoms with Crippen molar-refractivity contribution in [2.24, 2.45) is 0 Å². The van der Waals surface area contributed by atoms with Crippen LogP contribution in [-0.4, -0.2) is 4.40 Å². The van der Waals surface area contributed by atoms with Crippen LogP contribution in [0, 0.1) is 0 Å². The van der Waals surface area contributed by atoms with Crippen molar-refractivity contribution in [3.05, 3.63) is 89.1 Å². The summed E-state index contributed by atoms with van der Waals surface area (Å²) in [5, 5.41) is 2.39. The Morgan fingerprint density at radius 3 is 2.43 bits per heavy atom. The minimum absolute atomic E-state index is 0.0578. The lowest BCUT2D eigenvalue weighted by Gasteiger charge is -2.09. The summed E-state index contributed by atoms with van der Waals surface area (Å²) in [4.78, 5) is 12.5. The Morgan fingerprint density at radius 2 is 1.52 bits per heavy atom. The minimum Gasteiger partial charge on any atom is -0.306 e. The molecule has 0 radical (unpaired) electrons. The first-order chi connectivity index (χ1) is 11.3. The van der Waals surface area contributed by atoms with Gasteiger partial charge in [-0.2, -0.15) is 0 Å². The van der Waals surface area contributed by atoms with Crippen LogP contribution in [0.2, 0.25) is 0 Å². The molecule has 0 saturated heterocycles. The molecule has 0 aliphatic carbocycles. The largest absolute Gasteiger partial charge is 0.306 e. The van der Waals surface area contributed by atoms with Gasteiger partial charge in [-0.3, -0.25) is 4.79 Å². The quantitative estimate of drug-likeness (QED) is 0.439. The third-order valence-corrected chi connectivity index (χ3v) is 4.54. The molecule has 0 N–H and O–H groups in total. The summed E-state index contributed by atoms with van der Waals surface area (Å²) in [6, 6.07) is 26.4. The van der Waals surface area contributed by atoms with E-state index >= 15 is 0 Å². The number of hydrogen-bond donors (Lipinski definition) is 0. The van der Waals surface area contributed by atoms with Crippen molar-refractivity contribution in [2.75, 3.05) is 0 Å². The van der Waals surface area contributed by atoms with E-state index in [-0.39, 0.29) is 5.43 Å². The van der Waals surface area contributed by atoms with E-state index in [9.17, 15) is 4.79 Å². The number of pyridine rings is 2. The van der Waals surface area contributed by atoms with Gasteiger partial charge in [-0.05, 0) is 52.7 Å². The number of fused-ring (bicyclic) bond motifs is 1. The maximum atomic E-state index is 12.5. The van der Waals surface area contributed by atoms with E-state index in [1.807, 2.05) is 34.7 Å². The molecule has 0 bridgehead atoms. The number of nitrogens with zero attached hydrogens (tertiary/aromatic N) is 1. The minimum atomic E-state index is 0.0578. The van der Waals surface area contributed by atoms with Gasteiger partial charge in [-0.15, -0.1) is 0 Å². The van der Waals surface area contributed by atoms with Crippen molar-refractivity contribution in [1.82, 2.24) is 4.40 Å². The summed E-state index contributed by atoms with van der Waals surface area (Å²) >= 11 is 0. The second kappa shape index (κ2) is 4.43. The van der Waals surface area contributed by atoms with Crippen molar-refractivity contribution in [3.8, 4) is 11.1 Å². The maximum Gasteiger partial charge on any atom is 0.203 e. The summed E-state index contributed by atoms with van der Waals surface area (Å²) in [6.45, 7) is 0. The highest BCUT2D eigenvalue weighted by molar-refractivity contribution is 5.92. The van der Waals surface area contributed by atoms with Crippen LogP contribution in [0.25, 0.3) is 38.4 Å². The molecule has 2 nitrogen and oxygen atoms in total. The Labute approximate surface area is 132 Å². The molecule has 0 amide bonds. The molecule has 2 heteroatoms. The zero-order valence-electron chi connectivity index (χ0n) is 12.4.